The molecule has 0 aliphatic carbocycles. The smallest absolute Gasteiger partial charge is 0.232 e. The molecule has 1 saturated heterocycles. The van der Waals surface area contributed by atoms with Crippen molar-refractivity contribution in [2.75, 3.05) is 24.5 Å². The number of hydrogen-bond acceptors (Lipinski definition) is 5. The largest absolute Gasteiger partial charge is 0.359 e. The first-order valence-electron chi connectivity index (χ1n) is 10.1. The van der Waals surface area contributed by atoms with Crippen LogP contribution in [0.5, 0.6) is 0 Å². The Morgan fingerprint density at radius 3 is 2.48 bits per heavy atom. The molecule has 2 aromatic carbocycles. The summed E-state index contributed by atoms with van der Waals surface area (Å²) < 4.78 is 40.4. The average molecular weight is 491 g/mol. The van der Waals surface area contributed by atoms with Gasteiger partial charge in [-0.1, -0.05) is 36.5 Å². The van der Waals surface area contributed by atoms with Crippen LogP contribution in [-0.4, -0.2) is 43.9 Å². The monoisotopic (exact) mass is 490 g/mol. The predicted molar refractivity (Wildman–Crippen MR) is 124 cm³/mol. The molecule has 1 aliphatic heterocycles. The number of benzene rings is 2. The topological polar surface area (TPSA) is 69.6 Å². The standard InChI is InChI=1S/C21H27Cl2FN3O3S/c1-3-4-15(2)31(29,30)21-14-26(17-7-5-16(24)6-8-17)11-12-27(21,25-28)18-9-10-19(22)20(23)13-18/h5-10,13,15,21,25,28H,3-4,11-12,14H2,1-2H3/q+1. The summed E-state index contributed by atoms with van der Waals surface area (Å²) in [6.07, 6.45) is 1.22. The highest BCUT2D eigenvalue weighted by molar-refractivity contribution is 7.92. The number of rotatable bonds is 7. The fourth-order valence-corrected chi connectivity index (χ4v) is 6.68. The van der Waals surface area contributed by atoms with Crippen LogP contribution in [0.25, 0.3) is 0 Å². The zero-order valence-corrected chi connectivity index (χ0v) is 19.8. The molecule has 3 atom stereocenters. The molecule has 170 valence electrons. The van der Waals surface area contributed by atoms with Crippen LogP contribution in [0.15, 0.2) is 42.5 Å². The molecule has 0 saturated carbocycles. The highest BCUT2D eigenvalue weighted by atomic mass is 35.5. The van der Waals surface area contributed by atoms with Gasteiger partial charge >= 0.3 is 0 Å². The Labute approximate surface area is 192 Å². The van der Waals surface area contributed by atoms with Gasteiger partial charge in [0, 0.05) is 17.8 Å². The van der Waals surface area contributed by atoms with E-state index in [0.29, 0.717) is 30.1 Å². The van der Waals surface area contributed by atoms with Gasteiger partial charge in [0.2, 0.25) is 15.2 Å². The Kier molecular flexibility index (Phi) is 7.50. The van der Waals surface area contributed by atoms with E-state index in [1.807, 2.05) is 11.8 Å². The molecule has 0 spiro atoms. The van der Waals surface area contributed by atoms with Crippen molar-refractivity contribution in [3.8, 4) is 0 Å². The first-order chi connectivity index (χ1) is 14.7. The molecule has 6 nitrogen and oxygen atoms in total. The van der Waals surface area contributed by atoms with Crippen LogP contribution in [-0.2, 0) is 9.84 Å². The number of sulfone groups is 1. The van der Waals surface area contributed by atoms with E-state index >= 15 is 0 Å². The number of piperazine rings is 1. The maximum atomic E-state index is 13.7. The first-order valence-corrected chi connectivity index (χ1v) is 12.5. The van der Waals surface area contributed by atoms with Crippen LogP contribution < -0.4 is 15.1 Å². The van der Waals surface area contributed by atoms with Gasteiger partial charge in [0.05, 0.1) is 28.4 Å². The highest BCUT2D eigenvalue weighted by Gasteiger charge is 2.53. The van der Waals surface area contributed by atoms with E-state index in [1.165, 1.54) is 12.1 Å². The molecule has 3 rings (SSSR count). The van der Waals surface area contributed by atoms with Crippen molar-refractivity contribution >= 4 is 44.4 Å². The Morgan fingerprint density at radius 2 is 1.90 bits per heavy atom. The van der Waals surface area contributed by atoms with Gasteiger partial charge < -0.3 is 4.90 Å². The minimum Gasteiger partial charge on any atom is -0.359 e. The molecular formula is C21H27Cl2FN3O3S+. The lowest BCUT2D eigenvalue weighted by molar-refractivity contribution is -0.0277. The van der Waals surface area contributed by atoms with Crippen LogP contribution >= 0.6 is 23.2 Å². The summed E-state index contributed by atoms with van der Waals surface area (Å²) in [6.45, 7) is 4.39. The number of quaternary nitrogens is 1. The molecule has 10 heteroatoms. The zero-order chi connectivity index (χ0) is 22.8. The van der Waals surface area contributed by atoms with Gasteiger partial charge in [-0.3, -0.25) is 5.21 Å². The number of anilines is 1. The van der Waals surface area contributed by atoms with Crippen LogP contribution in [0.3, 0.4) is 0 Å². The van der Waals surface area contributed by atoms with Gasteiger partial charge in [-0.25, -0.2) is 12.8 Å². The van der Waals surface area contributed by atoms with E-state index in [4.69, 9.17) is 23.2 Å². The Balaban J connectivity index is 2.10. The van der Waals surface area contributed by atoms with Gasteiger partial charge in [0.15, 0.2) is 5.69 Å². The van der Waals surface area contributed by atoms with Gasteiger partial charge in [-0.05, 0) is 49.3 Å². The van der Waals surface area contributed by atoms with E-state index in [2.05, 4.69) is 5.59 Å². The summed E-state index contributed by atoms with van der Waals surface area (Å²) in [4.78, 5) is 1.89. The molecule has 1 aliphatic rings. The van der Waals surface area contributed by atoms with Crippen LogP contribution in [0.1, 0.15) is 26.7 Å². The molecule has 0 aromatic heterocycles. The van der Waals surface area contributed by atoms with Crippen molar-refractivity contribution < 1.29 is 18.0 Å². The normalized spacial score (nSPS) is 23.0. The number of nitrogens with one attached hydrogen (secondary N) is 1. The van der Waals surface area contributed by atoms with E-state index in [1.54, 1.807) is 37.3 Å². The summed E-state index contributed by atoms with van der Waals surface area (Å²) in [7, 11) is -3.71. The van der Waals surface area contributed by atoms with Gasteiger partial charge in [0.1, 0.15) is 12.4 Å². The molecule has 0 amide bonds. The second kappa shape index (κ2) is 9.60. The van der Waals surface area contributed by atoms with E-state index in [-0.39, 0.29) is 23.9 Å². The SMILES string of the molecule is CCCC(C)S(=O)(=O)C1CN(c2ccc(F)cc2)CC[N+]1(NO)c1ccc(Cl)c(Cl)c1. The van der Waals surface area contributed by atoms with Gasteiger partial charge in [0.25, 0.3) is 0 Å². The molecule has 3 unspecified atom stereocenters. The Hall–Kier alpha value is -1.42. The van der Waals surface area contributed by atoms with E-state index in [9.17, 15) is 18.0 Å². The maximum Gasteiger partial charge on any atom is 0.232 e. The second-order valence-electron chi connectivity index (χ2n) is 7.86. The highest BCUT2D eigenvalue weighted by Crippen LogP contribution is 2.37. The molecular weight excluding hydrogens is 464 g/mol. The summed E-state index contributed by atoms with van der Waals surface area (Å²) in [5.41, 5.74) is 3.50. The third-order valence-electron chi connectivity index (χ3n) is 5.96. The maximum absolute atomic E-state index is 13.7. The van der Waals surface area contributed by atoms with E-state index in [0.717, 1.165) is 5.69 Å². The summed E-state index contributed by atoms with van der Waals surface area (Å²) in [5.74, 6) is -0.362. The molecule has 2 N–H and O–H groups in total. The van der Waals surface area contributed by atoms with Crippen LogP contribution in [0.4, 0.5) is 15.8 Å². The lowest BCUT2D eigenvalue weighted by Gasteiger charge is -2.47. The Bertz CT molecular complexity index is 1020. The minimum atomic E-state index is -3.71. The summed E-state index contributed by atoms with van der Waals surface area (Å²) in [6, 6.07) is 10.8. The molecule has 1 heterocycles. The van der Waals surface area contributed by atoms with Gasteiger partial charge in [-0.15, -0.1) is 0 Å². The van der Waals surface area contributed by atoms with E-state index < -0.39 is 25.1 Å². The lowest BCUT2D eigenvalue weighted by atomic mass is 10.2. The molecule has 2 aromatic rings. The molecule has 31 heavy (non-hydrogen) atoms. The number of nitrogens with zero attached hydrogens (tertiary/aromatic N) is 2. The van der Waals surface area contributed by atoms with Crippen molar-refractivity contribution in [1.82, 2.24) is 10.2 Å². The second-order valence-corrected chi connectivity index (χ2v) is 11.2. The fraction of sp³-hybridized carbons (Fsp3) is 0.429. The average Bonchev–Trinajstić information content (AvgIpc) is 2.76. The van der Waals surface area contributed by atoms with Crippen LogP contribution in [0, 0.1) is 5.82 Å². The fourth-order valence-electron chi connectivity index (χ4n) is 4.12. The third kappa shape index (κ3) is 4.69. The predicted octanol–water partition coefficient (Wildman–Crippen LogP) is 4.78. The van der Waals surface area contributed by atoms with Crippen molar-refractivity contribution in [2.45, 2.75) is 37.3 Å². The van der Waals surface area contributed by atoms with Crippen molar-refractivity contribution in [2.24, 2.45) is 0 Å². The van der Waals surface area contributed by atoms with Gasteiger partial charge in [-0.2, -0.15) is 4.59 Å². The first kappa shape index (κ1) is 24.2. The zero-order valence-electron chi connectivity index (χ0n) is 17.4. The number of halogens is 3. The van der Waals surface area contributed by atoms with Crippen molar-refractivity contribution in [3.05, 3.63) is 58.3 Å². The van der Waals surface area contributed by atoms with Crippen molar-refractivity contribution in [1.29, 1.82) is 0 Å². The molecule has 0 radical (unpaired) electrons. The minimum absolute atomic E-state index is 0.107. The molecule has 1 fully saturated rings. The quantitative estimate of drug-likeness (QED) is 0.431. The molecule has 0 bridgehead atoms. The Morgan fingerprint density at radius 1 is 1.23 bits per heavy atom. The summed E-state index contributed by atoms with van der Waals surface area (Å²) >= 11 is 12.3. The lowest BCUT2D eigenvalue weighted by Crippen LogP contribution is -2.75. The summed E-state index contributed by atoms with van der Waals surface area (Å²) in [5, 5.41) is 9.28. The van der Waals surface area contributed by atoms with Crippen molar-refractivity contribution in [3.63, 3.8) is 0 Å². The van der Waals surface area contributed by atoms with Crippen LogP contribution in [0.2, 0.25) is 10.0 Å². The number of hydrogen-bond donors (Lipinski definition) is 2. The third-order valence-corrected chi connectivity index (χ3v) is 9.32.